The summed E-state index contributed by atoms with van der Waals surface area (Å²) in [6, 6.07) is 5.24. The smallest absolute Gasteiger partial charge is 0.237 e. The molecule has 0 saturated heterocycles. The van der Waals surface area contributed by atoms with Gasteiger partial charge in [-0.25, -0.2) is 8.42 Å². The number of rotatable bonds is 7. The van der Waals surface area contributed by atoms with E-state index in [1.165, 1.54) is 7.11 Å². The Bertz CT molecular complexity index is 572. The van der Waals surface area contributed by atoms with Crippen LogP contribution in [0.25, 0.3) is 0 Å². The summed E-state index contributed by atoms with van der Waals surface area (Å²) in [6.45, 7) is 1.89. The molecule has 0 aliphatic heterocycles. The van der Waals surface area contributed by atoms with Gasteiger partial charge in [-0.2, -0.15) is 0 Å². The van der Waals surface area contributed by atoms with Gasteiger partial charge in [-0.1, -0.05) is 29.3 Å². The van der Waals surface area contributed by atoms with Crippen molar-refractivity contribution >= 4 is 31.9 Å². The summed E-state index contributed by atoms with van der Waals surface area (Å²) >= 11 is 3.31. The van der Waals surface area contributed by atoms with Gasteiger partial charge in [0, 0.05) is 10.0 Å². The maximum Gasteiger partial charge on any atom is 0.237 e. The van der Waals surface area contributed by atoms with Crippen LogP contribution in [0.4, 0.5) is 0 Å². The Labute approximate surface area is 127 Å². The minimum atomic E-state index is -3.54. The molecule has 0 heterocycles. The molecule has 5 nitrogen and oxygen atoms in total. The van der Waals surface area contributed by atoms with E-state index in [0.29, 0.717) is 17.7 Å². The van der Waals surface area contributed by atoms with Crippen LogP contribution >= 0.6 is 15.9 Å². The van der Waals surface area contributed by atoms with Gasteiger partial charge in [0.15, 0.2) is 0 Å². The first-order chi connectivity index (χ1) is 9.38. The quantitative estimate of drug-likeness (QED) is 0.806. The minimum absolute atomic E-state index is 0.0368. The summed E-state index contributed by atoms with van der Waals surface area (Å²) in [7, 11) is -2.04. The zero-order valence-electron chi connectivity index (χ0n) is 11.5. The van der Waals surface area contributed by atoms with Crippen molar-refractivity contribution in [1.82, 2.24) is 4.72 Å². The average Bonchev–Trinajstić information content (AvgIpc) is 2.36. The van der Waals surface area contributed by atoms with Crippen LogP contribution in [0.2, 0.25) is 0 Å². The topological polar surface area (TPSA) is 72.5 Å². The van der Waals surface area contributed by atoms with Gasteiger partial charge in [0.05, 0.1) is 19.3 Å². The fourth-order valence-corrected chi connectivity index (χ4v) is 3.25. The van der Waals surface area contributed by atoms with Gasteiger partial charge < -0.3 is 4.74 Å². The Morgan fingerprint density at radius 2 is 2.10 bits per heavy atom. The Hall–Kier alpha value is -1.08. The summed E-state index contributed by atoms with van der Waals surface area (Å²) in [5.41, 5.74) is 0.630. The standard InChI is InChI=1S/C13H18BrNO4S/c1-3-4-7-20(17,18)15-13(16)9-10-8-11(14)5-6-12(10)19-2/h5-6,8H,3-4,7,9H2,1-2H3,(H,15,16). The molecule has 0 spiro atoms. The second-order valence-electron chi connectivity index (χ2n) is 4.33. The van der Waals surface area contributed by atoms with Crippen LogP contribution in [-0.4, -0.2) is 27.2 Å². The summed E-state index contributed by atoms with van der Waals surface area (Å²) in [5.74, 6) is -0.0444. The number of hydrogen-bond acceptors (Lipinski definition) is 4. The molecule has 112 valence electrons. The molecule has 1 N–H and O–H groups in total. The van der Waals surface area contributed by atoms with Gasteiger partial charge in [0.2, 0.25) is 15.9 Å². The zero-order valence-corrected chi connectivity index (χ0v) is 13.9. The van der Waals surface area contributed by atoms with Gasteiger partial charge in [0.25, 0.3) is 0 Å². The predicted octanol–water partition coefficient (Wildman–Crippen LogP) is 2.25. The molecular formula is C13H18BrNO4S. The fourth-order valence-electron chi connectivity index (χ4n) is 1.65. The van der Waals surface area contributed by atoms with Crippen LogP contribution in [-0.2, 0) is 21.2 Å². The largest absolute Gasteiger partial charge is 0.496 e. The predicted molar refractivity (Wildman–Crippen MR) is 81.2 cm³/mol. The van der Waals surface area contributed by atoms with Crippen molar-refractivity contribution < 1.29 is 17.9 Å². The molecule has 20 heavy (non-hydrogen) atoms. The van der Waals surface area contributed by atoms with E-state index in [4.69, 9.17) is 4.74 Å². The first-order valence-corrected chi connectivity index (χ1v) is 8.68. The van der Waals surface area contributed by atoms with E-state index < -0.39 is 15.9 Å². The van der Waals surface area contributed by atoms with E-state index in [-0.39, 0.29) is 12.2 Å². The summed E-state index contributed by atoms with van der Waals surface area (Å²) < 4.78 is 31.3. The Balaban J connectivity index is 2.74. The SMILES string of the molecule is CCCCS(=O)(=O)NC(=O)Cc1cc(Br)ccc1OC. The highest BCUT2D eigenvalue weighted by Crippen LogP contribution is 2.23. The van der Waals surface area contributed by atoms with E-state index in [9.17, 15) is 13.2 Å². The molecule has 0 aliphatic rings. The molecule has 0 saturated carbocycles. The Kier molecular flexibility index (Phi) is 6.48. The molecule has 7 heteroatoms. The summed E-state index contributed by atoms with van der Waals surface area (Å²) in [5, 5.41) is 0. The fraction of sp³-hybridized carbons (Fsp3) is 0.462. The van der Waals surface area contributed by atoms with Gasteiger partial charge in [-0.15, -0.1) is 0 Å². The minimum Gasteiger partial charge on any atom is -0.496 e. The van der Waals surface area contributed by atoms with Crippen LogP contribution in [0.1, 0.15) is 25.3 Å². The van der Waals surface area contributed by atoms with Gasteiger partial charge in [-0.05, 0) is 24.6 Å². The van der Waals surface area contributed by atoms with Crippen LogP contribution in [0, 0.1) is 0 Å². The monoisotopic (exact) mass is 363 g/mol. The Morgan fingerprint density at radius 1 is 1.40 bits per heavy atom. The first-order valence-electron chi connectivity index (χ1n) is 6.23. The lowest BCUT2D eigenvalue weighted by Crippen LogP contribution is -2.33. The molecule has 0 aliphatic carbocycles. The lowest BCUT2D eigenvalue weighted by Gasteiger charge is -2.10. The number of benzene rings is 1. The maximum atomic E-state index is 11.8. The van der Waals surface area contributed by atoms with Crippen molar-refractivity contribution in [2.45, 2.75) is 26.2 Å². The highest BCUT2D eigenvalue weighted by molar-refractivity contribution is 9.10. The van der Waals surface area contributed by atoms with Crippen molar-refractivity contribution in [3.63, 3.8) is 0 Å². The van der Waals surface area contributed by atoms with E-state index in [0.717, 1.165) is 10.9 Å². The maximum absolute atomic E-state index is 11.8. The van der Waals surface area contributed by atoms with Crippen LogP contribution in [0.3, 0.4) is 0 Å². The number of nitrogens with one attached hydrogen (secondary N) is 1. The Morgan fingerprint density at radius 3 is 2.70 bits per heavy atom. The highest BCUT2D eigenvalue weighted by Gasteiger charge is 2.16. The number of sulfonamides is 1. The molecule has 0 radical (unpaired) electrons. The number of unbranched alkanes of at least 4 members (excludes halogenated alkanes) is 1. The van der Waals surface area contributed by atoms with Gasteiger partial charge in [-0.3, -0.25) is 9.52 Å². The van der Waals surface area contributed by atoms with Crippen molar-refractivity contribution in [3.05, 3.63) is 28.2 Å². The van der Waals surface area contributed by atoms with Gasteiger partial charge in [0.1, 0.15) is 5.75 Å². The number of carbonyl (C=O) groups is 1. The lowest BCUT2D eigenvalue weighted by atomic mass is 10.1. The van der Waals surface area contributed by atoms with E-state index in [1.54, 1.807) is 18.2 Å². The lowest BCUT2D eigenvalue weighted by molar-refractivity contribution is -0.118. The highest BCUT2D eigenvalue weighted by atomic mass is 79.9. The van der Waals surface area contributed by atoms with E-state index in [2.05, 4.69) is 20.7 Å². The molecule has 1 rings (SSSR count). The first kappa shape index (κ1) is 17.0. The third kappa shape index (κ3) is 5.50. The molecule has 1 aromatic carbocycles. The van der Waals surface area contributed by atoms with Crippen LogP contribution in [0.15, 0.2) is 22.7 Å². The number of carbonyl (C=O) groups excluding carboxylic acids is 1. The molecular weight excluding hydrogens is 346 g/mol. The summed E-state index contributed by atoms with van der Waals surface area (Å²) in [6.07, 6.45) is 1.24. The second kappa shape index (κ2) is 7.64. The molecule has 0 atom stereocenters. The molecule has 1 amide bonds. The van der Waals surface area contributed by atoms with Crippen molar-refractivity contribution in [1.29, 1.82) is 0 Å². The van der Waals surface area contributed by atoms with E-state index in [1.807, 2.05) is 6.92 Å². The molecule has 0 bridgehead atoms. The van der Waals surface area contributed by atoms with Crippen molar-refractivity contribution in [3.8, 4) is 5.75 Å². The number of methoxy groups -OCH3 is 1. The van der Waals surface area contributed by atoms with Gasteiger partial charge >= 0.3 is 0 Å². The number of ether oxygens (including phenoxy) is 1. The van der Waals surface area contributed by atoms with E-state index >= 15 is 0 Å². The summed E-state index contributed by atoms with van der Waals surface area (Å²) in [4.78, 5) is 11.8. The zero-order chi connectivity index (χ0) is 15.2. The average molecular weight is 364 g/mol. The van der Waals surface area contributed by atoms with Crippen LogP contribution < -0.4 is 9.46 Å². The third-order valence-corrected chi connectivity index (χ3v) is 4.49. The normalized spacial score (nSPS) is 11.2. The van der Waals surface area contributed by atoms with Crippen LogP contribution in [0.5, 0.6) is 5.75 Å². The third-order valence-electron chi connectivity index (χ3n) is 2.63. The molecule has 1 aromatic rings. The van der Waals surface area contributed by atoms with Crippen molar-refractivity contribution in [2.75, 3.05) is 12.9 Å². The number of hydrogen-bond donors (Lipinski definition) is 1. The molecule has 0 fully saturated rings. The molecule has 0 unspecified atom stereocenters. The molecule has 0 aromatic heterocycles. The van der Waals surface area contributed by atoms with Crippen molar-refractivity contribution in [2.24, 2.45) is 0 Å². The number of halogens is 1. The number of amides is 1. The second-order valence-corrected chi connectivity index (χ2v) is 7.09.